The molecule has 0 bridgehead atoms. The average Bonchev–Trinajstić information content (AvgIpc) is 2.88. The molecule has 0 saturated carbocycles. The molecule has 10 heteroatoms. The Morgan fingerprint density at radius 1 is 0.857 bits per heavy atom. The van der Waals surface area contributed by atoms with E-state index < -0.39 is 17.6 Å². The van der Waals surface area contributed by atoms with Crippen LogP contribution in [0.25, 0.3) is 0 Å². The molecule has 8 nitrogen and oxygen atoms in total. The Hall–Kier alpha value is -3.85. The molecule has 0 saturated heterocycles. The number of carbonyl (C=O) groups is 3. The number of carbonyl (C=O) groups excluding carboxylic acids is 3. The first-order valence-corrected chi connectivity index (χ1v) is 11.4. The van der Waals surface area contributed by atoms with Crippen LogP contribution in [0.4, 0.5) is 4.39 Å². The summed E-state index contributed by atoms with van der Waals surface area (Å²) in [5, 5.41) is 5.34. The molecule has 182 valence electrons. The third-order valence-electron chi connectivity index (χ3n) is 5.27. The zero-order chi connectivity index (χ0) is 25.4. The van der Waals surface area contributed by atoms with E-state index in [9.17, 15) is 18.8 Å². The van der Waals surface area contributed by atoms with Gasteiger partial charge in [-0.1, -0.05) is 29.8 Å². The lowest BCUT2D eigenvalue weighted by atomic mass is 10.1. The van der Waals surface area contributed by atoms with Crippen molar-refractivity contribution in [2.75, 3.05) is 13.1 Å². The highest BCUT2D eigenvalue weighted by Gasteiger charge is 2.15. The van der Waals surface area contributed by atoms with Gasteiger partial charge in [0, 0.05) is 37.8 Å². The highest BCUT2D eigenvalue weighted by molar-refractivity contribution is 6.30. The molecule has 0 atom stereocenters. The third-order valence-corrected chi connectivity index (χ3v) is 5.56. The quantitative estimate of drug-likeness (QED) is 0.470. The molecule has 0 spiro atoms. The molecule has 0 radical (unpaired) electrons. The monoisotopic (exact) mass is 497 g/mol. The number of amides is 3. The fraction of sp³-hybridized carbons (Fsp3) is 0.240. The van der Waals surface area contributed by atoms with Crippen molar-refractivity contribution in [3.05, 3.63) is 93.8 Å². The van der Waals surface area contributed by atoms with E-state index in [0.29, 0.717) is 24.2 Å². The zero-order valence-electron chi connectivity index (χ0n) is 19.3. The van der Waals surface area contributed by atoms with Crippen LogP contribution in [0.3, 0.4) is 0 Å². The van der Waals surface area contributed by atoms with Gasteiger partial charge in [0.15, 0.2) is 0 Å². The van der Waals surface area contributed by atoms with Crippen LogP contribution in [0.1, 0.15) is 56.3 Å². The average molecular weight is 498 g/mol. The lowest BCUT2D eigenvalue weighted by Gasteiger charge is -2.18. The second-order valence-electron chi connectivity index (χ2n) is 7.58. The van der Waals surface area contributed by atoms with Gasteiger partial charge in [0.25, 0.3) is 17.7 Å². The summed E-state index contributed by atoms with van der Waals surface area (Å²) in [6.45, 7) is 5.44. The minimum atomic E-state index is -0.544. The second kappa shape index (κ2) is 12.0. The van der Waals surface area contributed by atoms with Crippen molar-refractivity contribution in [2.24, 2.45) is 0 Å². The van der Waals surface area contributed by atoms with Crippen LogP contribution < -0.4 is 10.6 Å². The number of hydrogen-bond acceptors (Lipinski definition) is 5. The number of nitrogens with zero attached hydrogens (tertiary/aromatic N) is 3. The number of rotatable bonds is 9. The summed E-state index contributed by atoms with van der Waals surface area (Å²) in [6.07, 6.45) is 1.13. The first-order chi connectivity index (χ1) is 16.8. The molecular formula is C25H25ClFN5O3. The van der Waals surface area contributed by atoms with Crippen molar-refractivity contribution < 1.29 is 18.8 Å². The Bertz CT molecular complexity index is 1220. The largest absolute Gasteiger partial charge is 0.347 e. The zero-order valence-corrected chi connectivity index (χ0v) is 20.1. The smallest absolute Gasteiger partial charge is 0.270 e. The van der Waals surface area contributed by atoms with Crippen molar-refractivity contribution in [2.45, 2.75) is 26.9 Å². The van der Waals surface area contributed by atoms with Gasteiger partial charge in [-0.2, -0.15) is 0 Å². The first-order valence-electron chi connectivity index (χ1n) is 11.0. The Labute approximate surface area is 207 Å². The van der Waals surface area contributed by atoms with Gasteiger partial charge >= 0.3 is 0 Å². The molecule has 1 aromatic heterocycles. The van der Waals surface area contributed by atoms with Crippen LogP contribution in [0.15, 0.2) is 54.9 Å². The minimum absolute atomic E-state index is 0.0117. The Balaban J connectivity index is 1.57. The van der Waals surface area contributed by atoms with Crippen LogP contribution in [-0.2, 0) is 13.1 Å². The van der Waals surface area contributed by atoms with Gasteiger partial charge in [0.05, 0.1) is 5.02 Å². The topological polar surface area (TPSA) is 104 Å². The van der Waals surface area contributed by atoms with E-state index in [1.165, 1.54) is 24.3 Å². The summed E-state index contributed by atoms with van der Waals surface area (Å²) in [4.78, 5) is 47.0. The van der Waals surface area contributed by atoms with E-state index in [1.807, 2.05) is 13.8 Å². The summed E-state index contributed by atoms with van der Waals surface area (Å²) in [6, 6.07) is 12.4. The van der Waals surface area contributed by atoms with Gasteiger partial charge in [-0.25, -0.2) is 14.4 Å². The minimum Gasteiger partial charge on any atom is -0.347 e. The molecule has 1 heterocycles. The van der Waals surface area contributed by atoms with Gasteiger partial charge in [-0.15, -0.1) is 0 Å². The summed E-state index contributed by atoms with van der Waals surface area (Å²) in [5.41, 5.74) is 2.04. The summed E-state index contributed by atoms with van der Waals surface area (Å²) in [7, 11) is 0. The van der Waals surface area contributed by atoms with Gasteiger partial charge < -0.3 is 15.5 Å². The normalized spacial score (nSPS) is 10.5. The van der Waals surface area contributed by atoms with Gasteiger partial charge in [0.2, 0.25) is 0 Å². The summed E-state index contributed by atoms with van der Waals surface area (Å²) >= 11 is 5.75. The summed E-state index contributed by atoms with van der Waals surface area (Å²) < 4.78 is 13.3. The second-order valence-corrected chi connectivity index (χ2v) is 7.98. The van der Waals surface area contributed by atoms with Crippen LogP contribution in [-0.4, -0.2) is 45.7 Å². The molecular weight excluding hydrogens is 473 g/mol. The van der Waals surface area contributed by atoms with E-state index in [-0.39, 0.29) is 35.4 Å². The van der Waals surface area contributed by atoms with E-state index in [4.69, 9.17) is 11.6 Å². The molecule has 0 aliphatic rings. The molecule has 35 heavy (non-hydrogen) atoms. The van der Waals surface area contributed by atoms with Crippen molar-refractivity contribution in [3.63, 3.8) is 0 Å². The molecule has 2 N–H and O–H groups in total. The summed E-state index contributed by atoms with van der Waals surface area (Å²) in [5.74, 6) is -1.58. The van der Waals surface area contributed by atoms with E-state index in [0.717, 1.165) is 11.9 Å². The van der Waals surface area contributed by atoms with Crippen LogP contribution in [0.5, 0.6) is 0 Å². The Kier molecular flexibility index (Phi) is 8.86. The van der Waals surface area contributed by atoms with Crippen LogP contribution in [0.2, 0.25) is 5.02 Å². The number of benzene rings is 2. The number of halogens is 2. The highest BCUT2D eigenvalue weighted by atomic mass is 35.5. The maximum absolute atomic E-state index is 13.3. The van der Waals surface area contributed by atoms with Crippen molar-refractivity contribution in [1.82, 2.24) is 25.5 Å². The fourth-order valence-electron chi connectivity index (χ4n) is 3.26. The Morgan fingerprint density at radius 2 is 1.40 bits per heavy atom. The van der Waals surface area contributed by atoms with Crippen LogP contribution in [0, 0.1) is 5.82 Å². The molecule has 3 rings (SSSR count). The number of aromatic nitrogens is 2. The van der Waals surface area contributed by atoms with E-state index in [1.54, 1.807) is 29.2 Å². The first kappa shape index (κ1) is 25.8. The lowest BCUT2D eigenvalue weighted by molar-refractivity contribution is 0.0772. The third kappa shape index (κ3) is 6.83. The molecule has 0 aliphatic carbocycles. The molecule has 2 aromatic carbocycles. The van der Waals surface area contributed by atoms with E-state index >= 15 is 0 Å². The predicted molar refractivity (Wildman–Crippen MR) is 129 cm³/mol. The SMILES string of the molecule is CCN(CC)C(=O)c1ccc(CNC(=O)c2cc(C(=O)NCc3ccc(F)c(Cl)c3)ncn2)cc1. The molecule has 0 fully saturated rings. The fourth-order valence-corrected chi connectivity index (χ4v) is 3.46. The lowest BCUT2D eigenvalue weighted by Crippen LogP contribution is -2.30. The molecule has 0 aliphatic heterocycles. The number of hydrogen-bond donors (Lipinski definition) is 2. The van der Waals surface area contributed by atoms with Crippen molar-refractivity contribution in [3.8, 4) is 0 Å². The highest BCUT2D eigenvalue weighted by Crippen LogP contribution is 2.16. The maximum atomic E-state index is 13.3. The molecule has 0 unspecified atom stereocenters. The van der Waals surface area contributed by atoms with Crippen molar-refractivity contribution in [1.29, 1.82) is 0 Å². The maximum Gasteiger partial charge on any atom is 0.270 e. The number of nitrogens with one attached hydrogen (secondary N) is 2. The predicted octanol–water partition coefficient (Wildman–Crippen LogP) is 3.61. The Morgan fingerprint density at radius 3 is 1.94 bits per heavy atom. The van der Waals surface area contributed by atoms with Crippen molar-refractivity contribution >= 4 is 29.3 Å². The van der Waals surface area contributed by atoms with Crippen LogP contribution >= 0.6 is 11.6 Å². The standard InChI is InChI=1S/C25H25ClFN5O3/c1-3-32(4-2)25(35)18-8-5-16(6-9-18)13-28-23(33)21-12-22(31-15-30-21)24(34)29-14-17-7-10-20(27)19(26)11-17/h5-12,15H,3-4,13-14H2,1-2H3,(H,28,33)(H,29,34). The van der Waals surface area contributed by atoms with Gasteiger partial charge in [0.1, 0.15) is 23.5 Å². The van der Waals surface area contributed by atoms with E-state index in [2.05, 4.69) is 20.6 Å². The molecule has 3 amide bonds. The molecule has 3 aromatic rings. The van der Waals surface area contributed by atoms with Gasteiger partial charge in [-0.3, -0.25) is 14.4 Å². The van der Waals surface area contributed by atoms with Gasteiger partial charge in [-0.05, 0) is 49.2 Å².